The first kappa shape index (κ1) is 34.1. The van der Waals surface area contributed by atoms with Crippen LogP contribution in [0.1, 0.15) is 37.7 Å². The number of unbranched alkanes of at least 4 members (excludes halogenated alkanes) is 1. The van der Waals surface area contributed by atoms with Gasteiger partial charge in [0, 0.05) is 24.3 Å². The fourth-order valence-electron chi connectivity index (χ4n) is 4.72. The number of para-hydroxylation sites is 2. The highest BCUT2D eigenvalue weighted by molar-refractivity contribution is 5.82. The number of aliphatic hydroxyl groups excluding tert-OH is 2. The van der Waals surface area contributed by atoms with Crippen LogP contribution in [0.4, 0.5) is 8.78 Å². The summed E-state index contributed by atoms with van der Waals surface area (Å²) >= 11 is 0. The van der Waals surface area contributed by atoms with E-state index in [1.807, 2.05) is 6.08 Å². The average molecular weight is 619 g/mol. The third-order valence-electron chi connectivity index (χ3n) is 6.95. The van der Waals surface area contributed by atoms with E-state index in [0.29, 0.717) is 30.6 Å². The maximum absolute atomic E-state index is 14.4. The Labute approximate surface area is 253 Å². The Bertz CT molecular complexity index is 1290. The van der Waals surface area contributed by atoms with E-state index in [1.54, 1.807) is 48.5 Å². The number of allylic oxidation sites excluding steroid dienone is 2. The Hall–Kier alpha value is -4.36. The lowest BCUT2D eigenvalue weighted by atomic mass is 9.89. The van der Waals surface area contributed by atoms with E-state index in [4.69, 9.17) is 9.47 Å². The van der Waals surface area contributed by atoms with E-state index < -0.39 is 60.8 Å². The maximum Gasteiger partial charge on any atom is 0.330 e. The zero-order chi connectivity index (χ0) is 32.0. The van der Waals surface area contributed by atoms with Crippen molar-refractivity contribution in [2.45, 2.75) is 56.8 Å². The molecule has 3 N–H and O–H groups in total. The van der Waals surface area contributed by atoms with Crippen LogP contribution in [0.2, 0.25) is 0 Å². The molecule has 4 atom stereocenters. The first-order valence-corrected chi connectivity index (χ1v) is 14.1. The molecule has 44 heavy (non-hydrogen) atoms. The highest BCUT2D eigenvalue weighted by Crippen LogP contribution is 2.37. The van der Waals surface area contributed by atoms with Gasteiger partial charge in [-0.15, -0.1) is 10.1 Å². The van der Waals surface area contributed by atoms with Crippen LogP contribution in [-0.4, -0.2) is 58.5 Å². The summed E-state index contributed by atoms with van der Waals surface area (Å²) in [7, 11) is 0. The summed E-state index contributed by atoms with van der Waals surface area (Å²) in [6, 6.07) is 14.4. The normalized spacial score (nSPS) is 20.1. The summed E-state index contributed by atoms with van der Waals surface area (Å²) in [6.07, 6.45) is 5.31. The van der Waals surface area contributed by atoms with Gasteiger partial charge in [-0.25, -0.2) is 4.79 Å². The minimum absolute atomic E-state index is 0.0838. The lowest BCUT2D eigenvalue weighted by molar-refractivity contribution is -0.763. The van der Waals surface area contributed by atoms with Gasteiger partial charge in [-0.2, -0.15) is 8.78 Å². The number of halogens is 2. The number of carbonyl (C=O) groups is 2. The van der Waals surface area contributed by atoms with Crippen molar-refractivity contribution < 1.29 is 48.0 Å². The number of rotatable bonds is 17. The smallest absolute Gasteiger partial charge is 0.330 e. The summed E-state index contributed by atoms with van der Waals surface area (Å²) in [5.41, 5.74) is 0.295. The minimum atomic E-state index is -3.26. The van der Waals surface area contributed by atoms with Gasteiger partial charge < -0.3 is 29.8 Å². The van der Waals surface area contributed by atoms with Crippen molar-refractivity contribution in [2.75, 3.05) is 13.2 Å². The number of hydrogen-bond donors (Lipinski definition) is 3. The number of carbonyl (C=O) groups excluding carboxylic acids is 2. The molecule has 1 fully saturated rings. The van der Waals surface area contributed by atoms with E-state index in [1.165, 1.54) is 18.2 Å². The van der Waals surface area contributed by atoms with Crippen molar-refractivity contribution in [3.63, 3.8) is 0 Å². The van der Waals surface area contributed by atoms with Gasteiger partial charge in [-0.3, -0.25) is 4.79 Å². The second-order valence-electron chi connectivity index (χ2n) is 10.3. The predicted molar refractivity (Wildman–Crippen MR) is 154 cm³/mol. The number of ether oxygens (including phenoxy) is 2. The van der Waals surface area contributed by atoms with Gasteiger partial charge in [0.05, 0.1) is 12.2 Å². The fourth-order valence-corrected chi connectivity index (χ4v) is 4.72. The number of benzene rings is 2. The molecule has 1 aliphatic carbocycles. The van der Waals surface area contributed by atoms with Gasteiger partial charge in [0.1, 0.15) is 24.7 Å². The average Bonchev–Trinajstić information content (AvgIpc) is 3.27. The molecule has 0 spiro atoms. The molecule has 1 saturated carbocycles. The second-order valence-corrected chi connectivity index (χ2v) is 10.3. The van der Waals surface area contributed by atoms with E-state index >= 15 is 0 Å². The lowest BCUT2D eigenvalue weighted by Gasteiger charge is -2.20. The second kappa shape index (κ2) is 17.1. The van der Waals surface area contributed by atoms with Crippen molar-refractivity contribution in [3.05, 3.63) is 94.6 Å². The summed E-state index contributed by atoms with van der Waals surface area (Å²) < 4.78 is 39.1. The Kier molecular flexibility index (Phi) is 13.2. The summed E-state index contributed by atoms with van der Waals surface area (Å²) in [5, 5.41) is 32.6. The molecule has 3 rings (SSSR count). The van der Waals surface area contributed by atoms with E-state index in [0.717, 1.165) is 6.08 Å². The molecular weight excluding hydrogens is 582 g/mol. The molecule has 0 saturated heterocycles. The number of aliphatic hydroxyl groups is 2. The largest absolute Gasteiger partial charge is 0.487 e. The number of nitrogens with one attached hydrogen (secondary N) is 1. The minimum Gasteiger partial charge on any atom is -0.487 e. The van der Waals surface area contributed by atoms with Crippen molar-refractivity contribution in [1.29, 1.82) is 0 Å². The SMILES string of the molecule is O=C(CCC/C=C\C[C@@H]1[C@@H](/C=C/C(F)(F)COc2ccccc2)[C@H](O)C[C@@H]1O)NCC(=O)Oc1ccccc1CO[N+](=O)[O-]. The Morgan fingerprint density at radius 2 is 1.80 bits per heavy atom. The van der Waals surface area contributed by atoms with Crippen LogP contribution in [0.5, 0.6) is 11.5 Å². The topological polar surface area (TPSA) is 157 Å². The van der Waals surface area contributed by atoms with Crippen LogP contribution >= 0.6 is 0 Å². The first-order chi connectivity index (χ1) is 21.0. The van der Waals surface area contributed by atoms with Crippen LogP contribution in [0.25, 0.3) is 0 Å². The van der Waals surface area contributed by atoms with Crippen molar-refractivity contribution in [3.8, 4) is 11.5 Å². The molecule has 2 aromatic carbocycles. The Morgan fingerprint density at radius 3 is 2.55 bits per heavy atom. The van der Waals surface area contributed by atoms with Crippen LogP contribution in [0.3, 0.4) is 0 Å². The van der Waals surface area contributed by atoms with E-state index in [2.05, 4.69) is 10.2 Å². The quantitative estimate of drug-likeness (QED) is 0.0591. The first-order valence-electron chi connectivity index (χ1n) is 14.1. The molecule has 0 unspecified atom stereocenters. The zero-order valence-corrected chi connectivity index (χ0v) is 23.9. The van der Waals surface area contributed by atoms with E-state index in [-0.39, 0.29) is 24.5 Å². The number of esters is 1. The lowest BCUT2D eigenvalue weighted by Crippen LogP contribution is -2.31. The molecular formula is C31H36F2N2O9. The molecule has 2 aromatic rings. The highest BCUT2D eigenvalue weighted by Gasteiger charge is 2.40. The summed E-state index contributed by atoms with van der Waals surface area (Å²) in [6.45, 7) is -1.64. The molecule has 238 valence electrons. The number of amides is 1. The monoisotopic (exact) mass is 618 g/mol. The zero-order valence-electron chi connectivity index (χ0n) is 23.9. The van der Waals surface area contributed by atoms with Crippen molar-refractivity contribution in [1.82, 2.24) is 5.32 Å². The Balaban J connectivity index is 1.37. The molecule has 0 radical (unpaired) electrons. The van der Waals surface area contributed by atoms with Gasteiger partial charge >= 0.3 is 5.97 Å². The van der Waals surface area contributed by atoms with Gasteiger partial charge in [0.15, 0.2) is 6.61 Å². The van der Waals surface area contributed by atoms with Crippen LogP contribution in [0, 0.1) is 22.0 Å². The van der Waals surface area contributed by atoms with Crippen LogP contribution < -0.4 is 14.8 Å². The molecule has 1 amide bonds. The number of alkyl halides is 2. The third kappa shape index (κ3) is 11.7. The molecule has 1 aliphatic rings. The summed E-state index contributed by atoms with van der Waals surface area (Å²) in [4.78, 5) is 38.9. The number of nitrogens with zero attached hydrogens (tertiary/aromatic N) is 1. The third-order valence-corrected chi connectivity index (χ3v) is 6.95. The molecule has 0 bridgehead atoms. The van der Waals surface area contributed by atoms with E-state index in [9.17, 15) is 38.7 Å². The van der Waals surface area contributed by atoms with Gasteiger partial charge in [0.2, 0.25) is 5.91 Å². The van der Waals surface area contributed by atoms with Crippen LogP contribution in [-0.2, 0) is 21.0 Å². The predicted octanol–water partition coefficient (Wildman–Crippen LogP) is 4.16. The molecule has 11 nitrogen and oxygen atoms in total. The van der Waals surface area contributed by atoms with Crippen molar-refractivity contribution in [2.24, 2.45) is 11.8 Å². The highest BCUT2D eigenvalue weighted by atomic mass is 19.3. The van der Waals surface area contributed by atoms with Gasteiger partial charge in [0.25, 0.3) is 11.0 Å². The van der Waals surface area contributed by atoms with Crippen LogP contribution in [0.15, 0.2) is 78.9 Å². The standard InChI is InChI=1S/C31H36F2N2O9/c32-31(33,21-42-23-11-4-3-5-12-23)17-16-25-24(26(36)18-27(25)37)13-6-1-2-7-15-29(38)34-19-30(39)44-28-14-9-8-10-22(28)20-43-35(40)41/h1,3-6,8-12,14,16-17,24-27,36-37H,2,7,13,15,18-21H2,(H,34,38)/b6-1-,17-16+/t24-,25-,26+,27-/m1/s1. The van der Waals surface area contributed by atoms with Gasteiger partial charge in [-0.05, 0) is 49.5 Å². The molecule has 0 aromatic heterocycles. The van der Waals surface area contributed by atoms with Gasteiger partial charge in [-0.1, -0.05) is 54.6 Å². The molecule has 13 heteroatoms. The fraction of sp³-hybridized carbons (Fsp3) is 0.419. The maximum atomic E-state index is 14.4. The Morgan fingerprint density at radius 1 is 1.07 bits per heavy atom. The summed E-state index contributed by atoms with van der Waals surface area (Å²) in [5.74, 6) is -5.10. The molecule has 0 heterocycles. The molecule has 0 aliphatic heterocycles. The number of hydrogen-bond acceptors (Lipinski definition) is 9. The van der Waals surface area contributed by atoms with Crippen molar-refractivity contribution >= 4 is 11.9 Å².